The number of benzene rings is 1. The average Bonchev–Trinajstić information content (AvgIpc) is 2.85. The van der Waals surface area contributed by atoms with Crippen molar-refractivity contribution in [1.82, 2.24) is 15.5 Å². The van der Waals surface area contributed by atoms with E-state index in [-0.39, 0.29) is 5.91 Å². The number of nitrogen functional groups attached to an aromatic ring is 1. The summed E-state index contributed by atoms with van der Waals surface area (Å²) in [5.74, 6) is 1.25. The molecular weight excluding hydrogens is 272 g/mol. The molecule has 0 unspecified atom stereocenters. The third-order valence-electron chi connectivity index (χ3n) is 2.78. The molecule has 21 heavy (non-hydrogen) atoms. The minimum absolute atomic E-state index is 0.284. The van der Waals surface area contributed by atoms with Crippen LogP contribution in [0.3, 0.4) is 0 Å². The molecule has 0 aliphatic carbocycles. The molecule has 0 saturated carbocycles. The van der Waals surface area contributed by atoms with Crippen LogP contribution in [0.1, 0.15) is 29.0 Å². The predicted molar refractivity (Wildman–Crippen MR) is 77.1 cm³/mol. The van der Waals surface area contributed by atoms with Crippen molar-refractivity contribution in [3.63, 3.8) is 0 Å². The van der Waals surface area contributed by atoms with Crippen molar-refractivity contribution in [2.24, 2.45) is 0 Å². The van der Waals surface area contributed by atoms with Crippen LogP contribution in [-0.2, 0) is 6.42 Å². The zero-order valence-electron chi connectivity index (χ0n) is 12.0. The number of hydrogen-bond donors (Lipinski definition) is 2. The van der Waals surface area contributed by atoms with Gasteiger partial charge in [-0.25, -0.2) is 0 Å². The van der Waals surface area contributed by atoms with Gasteiger partial charge in [0.25, 0.3) is 5.91 Å². The van der Waals surface area contributed by atoms with Gasteiger partial charge in [-0.05, 0) is 26.0 Å². The number of ether oxygens (including phenoxy) is 1. The molecule has 7 heteroatoms. The molecule has 1 amide bonds. The minimum atomic E-state index is -0.284. The molecule has 0 radical (unpaired) electrons. The van der Waals surface area contributed by atoms with Gasteiger partial charge >= 0.3 is 0 Å². The third-order valence-corrected chi connectivity index (χ3v) is 2.78. The van der Waals surface area contributed by atoms with Gasteiger partial charge in [0.05, 0.1) is 6.61 Å². The topological polar surface area (TPSA) is 103 Å². The number of nitrogens with two attached hydrogens (primary N) is 1. The van der Waals surface area contributed by atoms with Crippen molar-refractivity contribution < 1.29 is 14.1 Å². The van der Waals surface area contributed by atoms with Gasteiger partial charge in [-0.2, -0.15) is 4.98 Å². The molecule has 7 nitrogen and oxygen atoms in total. The number of anilines is 1. The van der Waals surface area contributed by atoms with Gasteiger partial charge in [-0.1, -0.05) is 11.2 Å². The van der Waals surface area contributed by atoms with Crippen LogP contribution in [0, 0.1) is 6.92 Å². The van der Waals surface area contributed by atoms with Crippen LogP contribution < -0.4 is 15.8 Å². The standard InChI is InChI=1S/C14H18N4O3/c1-3-20-11-6-4-5-10(15)13(11)14(19)16-8-7-12-17-9(2)18-21-12/h4-6H,3,7-8,15H2,1-2H3,(H,16,19). The molecular formula is C14H18N4O3. The molecule has 0 fully saturated rings. The Hall–Kier alpha value is -2.57. The zero-order chi connectivity index (χ0) is 15.2. The second kappa shape index (κ2) is 6.74. The molecule has 0 aliphatic rings. The Morgan fingerprint density at radius 1 is 1.48 bits per heavy atom. The Bertz CT molecular complexity index is 624. The summed E-state index contributed by atoms with van der Waals surface area (Å²) in [6.45, 7) is 4.43. The number of carbonyl (C=O) groups excluding carboxylic acids is 1. The van der Waals surface area contributed by atoms with Crippen LogP contribution >= 0.6 is 0 Å². The molecule has 1 aromatic carbocycles. The quantitative estimate of drug-likeness (QED) is 0.778. The summed E-state index contributed by atoms with van der Waals surface area (Å²) >= 11 is 0. The average molecular weight is 290 g/mol. The van der Waals surface area contributed by atoms with Gasteiger partial charge in [0.2, 0.25) is 5.89 Å². The monoisotopic (exact) mass is 290 g/mol. The Morgan fingerprint density at radius 2 is 2.29 bits per heavy atom. The fraction of sp³-hybridized carbons (Fsp3) is 0.357. The molecule has 3 N–H and O–H groups in total. The molecule has 1 aromatic heterocycles. The van der Waals surface area contributed by atoms with E-state index in [4.69, 9.17) is 15.0 Å². The summed E-state index contributed by atoms with van der Waals surface area (Å²) < 4.78 is 10.4. The highest BCUT2D eigenvalue weighted by atomic mass is 16.5. The summed E-state index contributed by atoms with van der Waals surface area (Å²) in [6, 6.07) is 5.13. The largest absolute Gasteiger partial charge is 0.493 e. The van der Waals surface area contributed by atoms with E-state index < -0.39 is 0 Å². The maximum Gasteiger partial charge on any atom is 0.257 e. The number of nitrogens with one attached hydrogen (secondary N) is 1. The lowest BCUT2D eigenvalue weighted by atomic mass is 10.1. The van der Waals surface area contributed by atoms with E-state index >= 15 is 0 Å². The Morgan fingerprint density at radius 3 is 2.95 bits per heavy atom. The van der Waals surface area contributed by atoms with Crippen molar-refractivity contribution in [2.75, 3.05) is 18.9 Å². The second-order valence-corrected chi connectivity index (χ2v) is 4.39. The number of aryl methyl sites for hydroxylation is 1. The number of carbonyl (C=O) groups is 1. The normalized spacial score (nSPS) is 10.4. The van der Waals surface area contributed by atoms with E-state index in [0.29, 0.717) is 48.3 Å². The van der Waals surface area contributed by atoms with E-state index in [1.165, 1.54) is 0 Å². The highest BCUT2D eigenvalue weighted by molar-refractivity contribution is 6.01. The summed E-state index contributed by atoms with van der Waals surface area (Å²) in [5.41, 5.74) is 6.59. The number of hydrogen-bond acceptors (Lipinski definition) is 6. The van der Waals surface area contributed by atoms with E-state index in [0.717, 1.165) is 0 Å². The molecule has 112 valence electrons. The summed E-state index contributed by atoms with van der Waals surface area (Å²) in [4.78, 5) is 16.3. The molecule has 0 aliphatic heterocycles. The highest BCUT2D eigenvalue weighted by Gasteiger charge is 2.16. The van der Waals surface area contributed by atoms with E-state index in [9.17, 15) is 4.79 Å². The first-order valence-corrected chi connectivity index (χ1v) is 6.70. The fourth-order valence-corrected chi connectivity index (χ4v) is 1.88. The zero-order valence-corrected chi connectivity index (χ0v) is 12.0. The first-order chi connectivity index (χ1) is 10.1. The van der Waals surface area contributed by atoms with E-state index in [1.54, 1.807) is 25.1 Å². The van der Waals surface area contributed by atoms with Crippen LogP contribution in [0.5, 0.6) is 5.75 Å². The number of aromatic nitrogens is 2. The van der Waals surface area contributed by atoms with Gasteiger partial charge in [0.1, 0.15) is 11.3 Å². The van der Waals surface area contributed by atoms with Gasteiger partial charge in [0, 0.05) is 18.7 Å². The highest BCUT2D eigenvalue weighted by Crippen LogP contribution is 2.24. The van der Waals surface area contributed by atoms with Gasteiger partial charge in [-0.15, -0.1) is 0 Å². The second-order valence-electron chi connectivity index (χ2n) is 4.39. The van der Waals surface area contributed by atoms with Gasteiger partial charge in [-0.3, -0.25) is 4.79 Å². The molecule has 2 aromatic rings. The van der Waals surface area contributed by atoms with Crippen LogP contribution in [0.2, 0.25) is 0 Å². The van der Waals surface area contributed by atoms with Crippen LogP contribution in [-0.4, -0.2) is 29.2 Å². The van der Waals surface area contributed by atoms with Crippen LogP contribution in [0.15, 0.2) is 22.7 Å². The maximum absolute atomic E-state index is 12.2. The number of rotatable bonds is 6. The smallest absolute Gasteiger partial charge is 0.257 e. The van der Waals surface area contributed by atoms with Crippen LogP contribution in [0.25, 0.3) is 0 Å². The van der Waals surface area contributed by atoms with Gasteiger partial charge in [0.15, 0.2) is 5.82 Å². The first kappa shape index (κ1) is 14.8. The molecule has 0 spiro atoms. The lowest BCUT2D eigenvalue weighted by Gasteiger charge is -2.12. The Labute approximate surface area is 122 Å². The SMILES string of the molecule is CCOc1cccc(N)c1C(=O)NCCc1nc(C)no1. The molecule has 1 heterocycles. The van der Waals surface area contributed by atoms with Crippen molar-refractivity contribution in [3.8, 4) is 5.75 Å². The molecule has 0 bridgehead atoms. The minimum Gasteiger partial charge on any atom is -0.493 e. The molecule has 2 rings (SSSR count). The molecule has 0 atom stereocenters. The van der Waals surface area contributed by atoms with Crippen LogP contribution in [0.4, 0.5) is 5.69 Å². The number of amides is 1. The number of nitrogens with zero attached hydrogens (tertiary/aromatic N) is 2. The van der Waals surface area contributed by atoms with Gasteiger partial charge < -0.3 is 20.3 Å². The predicted octanol–water partition coefficient (Wildman–Crippen LogP) is 1.33. The summed E-state index contributed by atoms with van der Waals surface area (Å²) in [6.07, 6.45) is 0.462. The Kier molecular flexibility index (Phi) is 4.76. The molecule has 0 saturated heterocycles. The van der Waals surface area contributed by atoms with Crippen molar-refractivity contribution >= 4 is 11.6 Å². The Balaban J connectivity index is 2.00. The van der Waals surface area contributed by atoms with E-state index in [1.807, 2.05) is 6.92 Å². The van der Waals surface area contributed by atoms with Crippen molar-refractivity contribution in [3.05, 3.63) is 35.5 Å². The van der Waals surface area contributed by atoms with Crippen molar-refractivity contribution in [1.29, 1.82) is 0 Å². The maximum atomic E-state index is 12.2. The summed E-state index contributed by atoms with van der Waals surface area (Å²) in [5, 5.41) is 6.46. The fourth-order valence-electron chi connectivity index (χ4n) is 1.88. The van der Waals surface area contributed by atoms with Crippen molar-refractivity contribution in [2.45, 2.75) is 20.3 Å². The van der Waals surface area contributed by atoms with E-state index in [2.05, 4.69) is 15.5 Å². The first-order valence-electron chi connectivity index (χ1n) is 6.70. The lowest BCUT2D eigenvalue weighted by molar-refractivity contribution is 0.0950. The third kappa shape index (κ3) is 3.71. The summed E-state index contributed by atoms with van der Waals surface area (Å²) in [7, 11) is 0. The lowest BCUT2D eigenvalue weighted by Crippen LogP contribution is -2.27.